The van der Waals surface area contributed by atoms with Gasteiger partial charge in [-0.15, -0.1) is 0 Å². The van der Waals surface area contributed by atoms with E-state index < -0.39 is 60.1 Å². The van der Waals surface area contributed by atoms with E-state index in [1.54, 1.807) is 24.3 Å². The van der Waals surface area contributed by atoms with Crippen molar-refractivity contribution >= 4 is 41.4 Å². The highest BCUT2D eigenvalue weighted by atomic mass is 16.4. The van der Waals surface area contributed by atoms with Gasteiger partial charge in [0, 0.05) is 40.4 Å². The van der Waals surface area contributed by atoms with Gasteiger partial charge in [0.25, 0.3) is 0 Å². The van der Waals surface area contributed by atoms with Crippen molar-refractivity contribution in [3.63, 3.8) is 0 Å². The fourth-order valence-electron chi connectivity index (χ4n) is 3.70. The number of nitrogens with one attached hydrogen (secondary N) is 6. The number of carbonyl (C=O) groups is 7. The zero-order chi connectivity index (χ0) is 31.1. The van der Waals surface area contributed by atoms with Crippen molar-refractivity contribution < 1.29 is 38.7 Å². The summed E-state index contributed by atoms with van der Waals surface area (Å²) in [6.45, 7) is 7.66. The molecule has 0 radical (unpaired) electrons. The number of carboxylic acids is 1. The smallest absolute Gasteiger partial charge is 0.305 e. The van der Waals surface area contributed by atoms with Crippen molar-refractivity contribution in [1.29, 1.82) is 0 Å². The van der Waals surface area contributed by atoms with E-state index in [1.165, 1.54) is 20.8 Å². The first-order chi connectivity index (χ1) is 19.2. The Hall–Kier alpha value is -4.49. The minimum atomic E-state index is -1.35. The number of aliphatic carboxylic acids is 1. The lowest BCUT2D eigenvalue weighted by molar-refractivity contribution is -0.141. The van der Waals surface area contributed by atoms with Gasteiger partial charge in [0.2, 0.25) is 35.4 Å². The van der Waals surface area contributed by atoms with E-state index in [0.29, 0.717) is 12.0 Å². The average molecular weight is 577 g/mol. The molecule has 1 aromatic carbocycles. The molecule has 0 aliphatic heterocycles. The summed E-state index contributed by atoms with van der Waals surface area (Å²) in [6.07, 6.45) is -0.338. The molecule has 0 saturated heterocycles. The fourth-order valence-corrected chi connectivity index (χ4v) is 3.70. The predicted molar refractivity (Wildman–Crippen MR) is 148 cm³/mol. The molecule has 0 spiro atoms. The third kappa shape index (κ3) is 14.5. The first-order valence-corrected chi connectivity index (χ1v) is 13.1. The van der Waals surface area contributed by atoms with Crippen LogP contribution in [0.3, 0.4) is 0 Å². The predicted octanol–water partition coefficient (Wildman–Crippen LogP) is -0.930. The summed E-state index contributed by atoms with van der Waals surface area (Å²) in [5.41, 5.74) is 1.39. The Morgan fingerprint density at radius 2 is 1.10 bits per heavy atom. The number of hydrogen-bond donors (Lipinski definition) is 7. The van der Waals surface area contributed by atoms with Gasteiger partial charge in [-0.1, -0.05) is 38.1 Å². The zero-order valence-electron chi connectivity index (χ0n) is 24.0. The van der Waals surface area contributed by atoms with Gasteiger partial charge < -0.3 is 37.0 Å². The van der Waals surface area contributed by atoms with E-state index in [4.69, 9.17) is 0 Å². The quantitative estimate of drug-likeness (QED) is 0.130. The van der Waals surface area contributed by atoms with E-state index in [1.807, 2.05) is 13.8 Å². The molecule has 6 amide bonds. The largest absolute Gasteiger partial charge is 0.481 e. The molecule has 0 heterocycles. The van der Waals surface area contributed by atoms with Gasteiger partial charge in [0.15, 0.2) is 0 Å². The monoisotopic (exact) mass is 576 g/mol. The third-order valence-corrected chi connectivity index (χ3v) is 5.62. The lowest BCUT2D eigenvalue weighted by Crippen LogP contribution is -2.54. The van der Waals surface area contributed by atoms with Crippen molar-refractivity contribution in [2.45, 2.75) is 78.7 Å². The highest BCUT2D eigenvalue weighted by Crippen LogP contribution is 2.08. The van der Waals surface area contributed by atoms with Gasteiger partial charge in [0.1, 0.15) is 18.1 Å². The van der Waals surface area contributed by atoms with Crippen molar-refractivity contribution in [1.82, 2.24) is 31.9 Å². The molecule has 0 bridgehead atoms. The van der Waals surface area contributed by atoms with Gasteiger partial charge in [0.05, 0.1) is 6.42 Å². The van der Waals surface area contributed by atoms with E-state index in [9.17, 15) is 38.7 Å². The second-order valence-corrected chi connectivity index (χ2v) is 9.98. The molecule has 14 nitrogen and oxygen atoms in total. The van der Waals surface area contributed by atoms with Crippen LogP contribution in [0.25, 0.3) is 0 Å². The number of carboxylic acid groups (broad SMARTS) is 1. The lowest BCUT2D eigenvalue weighted by Gasteiger charge is -2.23. The summed E-state index contributed by atoms with van der Waals surface area (Å²) >= 11 is 0. The van der Waals surface area contributed by atoms with E-state index in [-0.39, 0.29) is 31.5 Å². The maximum atomic E-state index is 12.8. The zero-order valence-corrected chi connectivity index (χ0v) is 24.0. The summed E-state index contributed by atoms with van der Waals surface area (Å²) in [6, 6.07) is 3.61. The van der Waals surface area contributed by atoms with Gasteiger partial charge in [-0.3, -0.25) is 33.6 Å². The highest BCUT2D eigenvalue weighted by molar-refractivity contribution is 5.93. The molecular weight excluding hydrogens is 536 g/mol. The number of carbonyl (C=O) groups excluding carboxylic acids is 6. The third-order valence-electron chi connectivity index (χ3n) is 5.62. The van der Waals surface area contributed by atoms with Crippen LogP contribution in [0.15, 0.2) is 24.3 Å². The summed E-state index contributed by atoms with van der Waals surface area (Å²) in [4.78, 5) is 83.3. The van der Waals surface area contributed by atoms with Crippen molar-refractivity contribution in [3.8, 4) is 0 Å². The first-order valence-electron chi connectivity index (χ1n) is 13.1. The summed E-state index contributed by atoms with van der Waals surface area (Å²) in [7, 11) is 0. The molecule has 41 heavy (non-hydrogen) atoms. The highest BCUT2D eigenvalue weighted by Gasteiger charge is 2.28. The Labute approximate surface area is 238 Å². The average Bonchev–Trinajstić information content (AvgIpc) is 2.86. The Kier molecular flexibility index (Phi) is 14.5. The summed E-state index contributed by atoms with van der Waals surface area (Å²) < 4.78 is 0. The number of amides is 6. The second kappa shape index (κ2) is 17.3. The van der Waals surface area contributed by atoms with Crippen molar-refractivity contribution in [3.05, 3.63) is 35.4 Å². The molecule has 7 N–H and O–H groups in total. The molecule has 1 rings (SSSR count). The Morgan fingerprint density at radius 1 is 0.634 bits per heavy atom. The molecule has 0 aromatic heterocycles. The number of benzene rings is 1. The lowest BCUT2D eigenvalue weighted by atomic mass is 10.0. The first kappa shape index (κ1) is 34.5. The van der Waals surface area contributed by atoms with Crippen LogP contribution >= 0.6 is 0 Å². The Balaban J connectivity index is 2.75. The van der Waals surface area contributed by atoms with Crippen LogP contribution in [-0.2, 0) is 46.7 Å². The normalized spacial score (nSPS) is 12.7. The molecular formula is C27H40N6O8. The molecule has 0 saturated carbocycles. The summed E-state index contributed by atoms with van der Waals surface area (Å²) in [5.74, 6) is -4.25. The SMILES string of the molecule is CC(=O)NCC(NC(C)=O)C(=O)NCc1ccc(CNC(=O)[C@H](CC(=O)O)NC(=O)[C@H](CC(C)C)NC(C)=O)cc1. The van der Waals surface area contributed by atoms with Crippen LogP contribution in [0.1, 0.15) is 58.6 Å². The fraction of sp³-hybridized carbons (Fsp3) is 0.519. The number of hydrogen-bond acceptors (Lipinski definition) is 7. The van der Waals surface area contributed by atoms with Gasteiger partial charge in [-0.05, 0) is 23.5 Å². The minimum absolute atomic E-state index is 0.0416. The maximum Gasteiger partial charge on any atom is 0.305 e. The van der Waals surface area contributed by atoms with Crippen molar-refractivity contribution in [2.24, 2.45) is 5.92 Å². The van der Waals surface area contributed by atoms with Gasteiger partial charge >= 0.3 is 5.97 Å². The van der Waals surface area contributed by atoms with Crippen molar-refractivity contribution in [2.75, 3.05) is 6.54 Å². The molecule has 0 aliphatic carbocycles. The van der Waals surface area contributed by atoms with Crippen LogP contribution in [0.4, 0.5) is 0 Å². The van der Waals surface area contributed by atoms with E-state index >= 15 is 0 Å². The van der Waals surface area contributed by atoms with Crippen LogP contribution in [0.2, 0.25) is 0 Å². The minimum Gasteiger partial charge on any atom is -0.481 e. The van der Waals surface area contributed by atoms with Crippen LogP contribution in [0, 0.1) is 5.92 Å². The topological polar surface area (TPSA) is 212 Å². The molecule has 0 aliphatic rings. The van der Waals surface area contributed by atoms with Gasteiger partial charge in [-0.2, -0.15) is 0 Å². The van der Waals surface area contributed by atoms with Crippen LogP contribution in [-0.4, -0.2) is 71.2 Å². The molecule has 14 heteroatoms. The number of rotatable bonds is 16. The van der Waals surface area contributed by atoms with Gasteiger partial charge in [-0.25, -0.2) is 0 Å². The molecule has 3 atom stereocenters. The van der Waals surface area contributed by atoms with Crippen LogP contribution < -0.4 is 31.9 Å². The molecule has 0 fully saturated rings. The summed E-state index contributed by atoms with van der Waals surface area (Å²) in [5, 5.41) is 24.5. The molecule has 226 valence electrons. The second-order valence-electron chi connectivity index (χ2n) is 9.98. The van der Waals surface area contributed by atoms with Crippen LogP contribution in [0.5, 0.6) is 0 Å². The Morgan fingerprint density at radius 3 is 1.51 bits per heavy atom. The molecule has 1 aromatic rings. The molecule has 1 unspecified atom stereocenters. The van der Waals surface area contributed by atoms with E-state index in [2.05, 4.69) is 31.9 Å². The maximum absolute atomic E-state index is 12.8. The van der Waals surface area contributed by atoms with E-state index in [0.717, 1.165) is 5.56 Å². The Bertz CT molecular complexity index is 1110. The standard InChI is InChI=1S/C27H40N6O8/c1-15(2)10-21(31-17(4)35)27(41)33-22(11-24(37)38)25(39)29-12-19-6-8-20(9-7-19)13-30-26(40)23(32-18(5)36)14-28-16(3)34/h6-9,15,21-23H,10-14H2,1-5H3,(H,28,34)(H,29,39)(H,30,40)(H,31,35)(H,32,36)(H,33,41)(H,37,38)/t21-,22-,23?/m0/s1.